The van der Waals surface area contributed by atoms with Crippen molar-refractivity contribution in [2.75, 3.05) is 6.61 Å². The van der Waals surface area contributed by atoms with E-state index in [-0.39, 0.29) is 17.7 Å². The zero-order valence-corrected chi connectivity index (χ0v) is 14.8. The van der Waals surface area contributed by atoms with Crippen LogP contribution < -0.4 is 0 Å². The Labute approximate surface area is 145 Å². The van der Waals surface area contributed by atoms with Crippen LogP contribution in [0.5, 0.6) is 0 Å². The van der Waals surface area contributed by atoms with Crippen molar-refractivity contribution in [2.24, 2.45) is 5.92 Å². The number of benzene rings is 1. The summed E-state index contributed by atoms with van der Waals surface area (Å²) in [6.45, 7) is 4.26. The molecule has 1 aromatic carbocycles. The highest BCUT2D eigenvalue weighted by atomic mass is 16.5. The molecule has 0 saturated carbocycles. The fraction of sp³-hybridized carbons (Fsp3) is 0.524. The van der Waals surface area contributed by atoms with Crippen molar-refractivity contribution in [3.05, 3.63) is 47.5 Å². The van der Waals surface area contributed by atoms with Crippen molar-refractivity contribution in [3.63, 3.8) is 0 Å². The van der Waals surface area contributed by atoms with Crippen molar-refractivity contribution >= 4 is 11.8 Å². The molecule has 0 heterocycles. The highest BCUT2D eigenvalue weighted by Gasteiger charge is 2.31. The molecule has 0 radical (unpaired) electrons. The van der Waals surface area contributed by atoms with Gasteiger partial charge in [0.15, 0.2) is 0 Å². The fourth-order valence-corrected chi connectivity index (χ4v) is 3.38. The SMILES string of the molecule is CCOC(=O)C1/C=C(/C)CCCCCC(=O)CC1c1ccccc1. The molecule has 0 saturated heterocycles. The normalized spacial score (nSPS) is 25.2. The van der Waals surface area contributed by atoms with Gasteiger partial charge < -0.3 is 4.74 Å². The lowest BCUT2D eigenvalue weighted by atomic mass is 9.81. The molecule has 2 atom stereocenters. The van der Waals surface area contributed by atoms with Gasteiger partial charge in [0.05, 0.1) is 12.5 Å². The van der Waals surface area contributed by atoms with Gasteiger partial charge in [-0.1, -0.05) is 48.4 Å². The third-order valence-electron chi connectivity index (χ3n) is 4.66. The van der Waals surface area contributed by atoms with Gasteiger partial charge in [0.2, 0.25) is 0 Å². The van der Waals surface area contributed by atoms with Crippen molar-refractivity contribution in [3.8, 4) is 0 Å². The quantitative estimate of drug-likeness (QED) is 0.590. The number of esters is 1. The summed E-state index contributed by atoms with van der Waals surface area (Å²) in [5.41, 5.74) is 2.25. The summed E-state index contributed by atoms with van der Waals surface area (Å²) < 4.78 is 5.32. The van der Waals surface area contributed by atoms with Crippen LogP contribution in [0.1, 0.15) is 63.9 Å². The van der Waals surface area contributed by atoms with Gasteiger partial charge in [0, 0.05) is 18.8 Å². The first-order valence-corrected chi connectivity index (χ1v) is 9.02. The number of ether oxygens (including phenoxy) is 1. The lowest BCUT2D eigenvalue weighted by Gasteiger charge is -2.24. The van der Waals surface area contributed by atoms with Crippen LogP contribution in [-0.4, -0.2) is 18.4 Å². The van der Waals surface area contributed by atoms with Gasteiger partial charge in [-0.2, -0.15) is 0 Å². The smallest absolute Gasteiger partial charge is 0.313 e. The van der Waals surface area contributed by atoms with Gasteiger partial charge in [-0.05, 0) is 38.7 Å². The van der Waals surface area contributed by atoms with Gasteiger partial charge >= 0.3 is 5.97 Å². The summed E-state index contributed by atoms with van der Waals surface area (Å²) in [4.78, 5) is 25.0. The topological polar surface area (TPSA) is 43.4 Å². The average Bonchev–Trinajstić information content (AvgIpc) is 2.61. The van der Waals surface area contributed by atoms with E-state index >= 15 is 0 Å². The Morgan fingerprint density at radius 2 is 1.83 bits per heavy atom. The van der Waals surface area contributed by atoms with E-state index < -0.39 is 5.92 Å². The Morgan fingerprint density at radius 1 is 1.12 bits per heavy atom. The molecule has 130 valence electrons. The summed E-state index contributed by atoms with van der Waals surface area (Å²) in [5, 5.41) is 0. The van der Waals surface area contributed by atoms with Gasteiger partial charge in [-0.25, -0.2) is 0 Å². The highest BCUT2D eigenvalue weighted by Crippen LogP contribution is 2.33. The van der Waals surface area contributed by atoms with E-state index in [4.69, 9.17) is 4.74 Å². The van der Waals surface area contributed by atoms with Crippen molar-refractivity contribution in [1.82, 2.24) is 0 Å². The highest BCUT2D eigenvalue weighted by molar-refractivity contribution is 5.82. The van der Waals surface area contributed by atoms with E-state index in [1.54, 1.807) is 0 Å². The number of Topliss-reactive ketones (excluding diaryl/α,β-unsaturated/α-hetero) is 1. The second kappa shape index (κ2) is 9.41. The Hall–Kier alpha value is -1.90. The zero-order chi connectivity index (χ0) is 17.4. The minimum Gasteiger partial charge on any atom is -0.466 e. The van der Waals surface area contributed by atoms with Crippen LogP contribution in [-0.2, 0) is 14.3 Å². The van der Waals surface area contributed by atoms with Gasteiger partial charge in [-0.15, -0.1) is 0 Å². The number of allylic oxidation sites excluding steroid dienone is 1. The largest absolute Gasteiger partial charge is 0.466 e. The van der Waals surface area contributed by atoms with E-state index in [0.29, 0.717) is 19.4 Å². The molecule has 1 aromatic rings. The van der Waals surface area contributed by atoms with E-state index in [1.165, 1.54) is 5.57 Å². The standard InChI is InChI=1S/C21H28O3/c1-3-24-21(23)20-14-16(2)10-6-4-9-13-18(22)15-19(20)17-11-7-5-8-12-17/h5,7-8,11-12,14,19-20H,3-4,6,9-10,13,15H2,1-2H3/b16-14-. The molecule has 0 aromatic heterocycles. The molecular formula is C21H28O3. The Balaban J connectivity index is 2.40. The predicted octanol–water partition coefficient (Wildman–Crippen LogP) is 4.82. The van der Waals surface area contributed by atoms with Crippen molar-refractivity contribution in [1.29, 1.82) is 0 Å². The molecule has 0 bridgehead atoms. The molecule has 24 heavy (non-hydrogen) atoms. The molecule has 0 amide bonds. The van der Waals surface area contributed by atoms with E-state index in [9.17, 15) is 9.59 Å². The maximum Gasteiger partial charge on any atom is 0.313 e. The van der Waals surface area contributed by atoms with Crippen LogP contribution in [0.2, 0.25) is 0 Å². The zero-order valence-electron chi connectivity index (χ0n) is 14.8. The molecule has 3 nitrogen and oxygen atoms in total. The molecule has 0 aliphatic heterocycles. The number of ketones is 1. The van der Waals surface area contributed by atoms with E-state index in [2.05, 4.69) is 6.92 Å². The molecule has 0 spiro atoms. The van der Waals surface area contributed by atoms with Crippen LogP contribution in [0.25, 0.3) is 0 Å². The monoisotopic (exact) mass is 328 g/mol. The average molecular weight is 328 g/mol. The van der Waals surface area contributed by atoms with E-state index in [0.717, 1.165) is 31.2 Å². The maximum atomic E-state index is 12.6. The first-order valence-electron chi connectivity index (χ1n) is 9.02. The third-order valence-corrected chi connectivity index (χ3v) is 4.66. The molecule has 0 N–H and O–H groups in total. The lowest BCUT2D eigenvalue weighted by molar-refractivity contribution is -0.147. The van der Waals surface area contributed by atoms with Crippen LogP contribution in [0, 0.1) is 5.92 Å². The number of hydrogen-bond donors (Lipinski definition) is 0. The third kappa shape index (κ3) is 5.33. The molecule has 1 aliphatic carbocycles. The molecular weight excluding hydrogens is 300 g/mol. The Bertz CT molecular complexity index is 574. The molecule has 1 aliphatic rings. The summed E-state index contributed by atoms with van der Waals surface area (Å²) in [6.07, 6.45) is 7.10. The molecule has 0 fully saturated rings. The van der Waals surface area contributed by atoms with Crippen LogP contribution >= 0.6 is 0 Å². The second-order valence-corrected chi connectivity index (χ2v) is 6.61. The van der Waals surface area contributed by atoms with Gasteiger partial charge in [0.25, 0.3) is 0 Å². The first kappa shape index (κ1) is 18.4. The summed E-state index contributed by atoms with van der Waals surface area (Å²) in [5.74, 6) is -0.524. The number of hydrogen-bond acceptors (Lipinski definition) is 3. The fourth-order valence-electron chi connectivity index (χ4n) is 3.38. The van der Waals surface area contributed by atoms with Crippen LogP contribution in [0.15, 0.2) is 42.0 Å². The van der Waals surface area contributed by atoms with Crippen LogP contribution in [0.3, 0.4) is 0 Å². The molecule has 2 rings (SSSR count). The molecule has 3 heteroatoms. The predicted molar refractivity (Wildman–Crippen MR) is 95.8 cm³/mol. The number of carbonyl (C=O) groups is 2. The van der Waals surface area contributed by atoms with E-state index in [1.807, 2.05) is 43.3 Å². The number of rotatable bonds is 3. The Morgan fingerprint density at radius 3 is 2.54 bits per heavy atom. The Kier molecular flexibility index (Phi) is 7.23. The van der Waals surface area contributed by atoms with Gasteiger partial charge in [-0.3, -0.25) is 9.59 Å². The minimum absolute atomic E-state index is 0.147. The summed E-state index contributed by atoms with van der Waals surface area (Å²) in [6, 6.07) is 9.89. The maximum absolute atomic E-state index is 12.6. The first-order chi connectivity index (χ1) is 11.6. The lowest BCUT2D eigenvalue weighted by Crippen LogP contribution is -2.25. The second-order valence-electron chi connectivity index (χ2n) is 6.61. The summed E-state index contributed by atoms with van der Waals surface area (Å²) in [7, 11) is 0. The van der Waals surface area contributed by atoms with Crippen LogP contribution in [0.4, 0.5) is 0 Å². The number of carbonyl (C=O) groups excluding carboxylic acids is 2. The van der Waals surface area contributed by atoms with Gasteiger partial charge in [0.1, 0.15) is 5.78 Å². The minimum atomic E-state index is -0.394. The van der Waals surface area contributed by atoms with Crippen molar-refractivity contribution < 1.29 is 14.3 Å². The summed E-state index contributed by atoms with van der Waals surface area (Å²) >= 11 is 0. The molecule has 2 unspecified atom stereocenters. The van der Waals surface area contributed by atoms with Crippen molar-refractivity contribution in [2.45, 2.75) is 58.3 Å².